The molecule has 7 nitrogen and oxygen atoms in total. The molecule has 0 aromatic heterocycles. The van der Waals surface area contributed by atoms with Crippen molar-refractivity contribution < 1.29 is 33.4 Å². The highest BCUT2D eigenvalue weighted by atomic mass is 31.2. The summed E-state index contributed by atoms with van der Waals surface area (Å²) in [5, 5.41) is 10.3. The molecule has 3 unspecified atom stereocenters. The van der Waals surface area contributed by atoms with E-state index < -0.39 is 26.9 Å². The van der Waals surface area contributed by atoms with Crippen molar-refractivity contribution in [1.29, 1.82) is 0 Å². The normalized spacial score (nSPS) is 16.7. The quantitative estimate of drug-likeness (QED) is 0.0795. The summed E-state index contributed by atoms with van der Waals surface area (Å²) >= 11 is 0. The highest BCUT2D eigenvalue weighted by Gasteiger charge is 2.39. The molecule has 4 N–H and O–H groups in total. The van der Waals surface area contributed by atoms with Crippen LogP contribution in [0, 0.1) is 0 Å². The fourth-order valence-corrected chi connectivity index (χ4v) is 6.29. The van der Waals surface area contributed by atoms with Crippen LogP contribution in [-0.2, 0) is 13.7 Å². The van der Waals surface area contributed by atoms with Crippen molar-refractivity contribution in [1.82, 2.24) is 0 Å². The number of hydrogen-bond donors (Lipinski definition) is 4. The summed E-state index contributed by atoms with van der Waals surface area (Å²) in [5.41, 5.74) is 6.90. The monoisotopic (exact) mass is 614 g/mol. The highest BCUT2D eigenvalue weighted by molar-refractivity contribution is 7.56. The van der Waals surface area contributed by atoms with Gasteiger partial charge in [0.2, 0.25) is 0 Å². The second kappa shape index (κ2) is 20.6. The molecule has 0 spiro atoms. The van der Waals surface area contributed by atoms with E-state index in [2.05, 4.69) is 58.9 Å². The molecular weight excluding hydrogens is 558 g/mol. The van der Waals surface area contributed by atoms with Crippen molar-refractivity contribution >= 4 is 15.2 Å². The zero-order valence-electron chi connectivity index (χ0n) is 26.6. The van der Waals surface area contributed by atoms with Crippen LogP contribution in [-0.4, -0.2) is 31.5 Å². The van der Waals surface area contributed by atoms with Crippen LogP contribution in [0.25, 0.3) is 0 Å². The SMILES string of the molecule is CC(C)=CCCC(C)=CCCC(C)=CCCC(O)P(=O)(O)OC(C=C(C)CCC=C(C)CCC=C(C)C)P(=O)(O)O. The van der Waals surface area contributed by atoms with E-state index in [0.29, 0.717) is 24.8 Å². The smallest absolute Gasteiger partial charge is 0.358 e. The maximum Gasteiger partial charge on any atom is 0.358 e. The predicted octanol–water partition coefficient (Wildman–Crippen LogP) is 9.63. The first kappa shape index (κ1) is 39.7. The zero-order chi connectivity index (χ0) is 31.6. The zero-order valence-corrected chi connectivity index (χ0v) is 28.4. The maximum absolute atomic E-state index is 12.7. The summed E-state index contributed by atoms with van der Waals surface area (Å²) < 4.78 is 29.8. The van der Waals surface area contributed by atoms with Crippen LogP contribution in [0.5, 0.6) is 0 Å². The number of rotatable bonds is 20. The minimum absolute atomic E-state index is 0.0594. The standard InChI is InChI=1S/C32H56O7P2/c1-25(2)14-9-16-27(5)18-11-19-29(7)21-13-23-31(33)41(37,38)39-32(40(34,35)36)24-30(8)22-12-20-28(6)17-10-15-26(3)4/h14-15,18,20-21,24,31-33H,9-13,16-17,19,22-23H2,1-8H3,(H,37,38)(H2,34,35,36). The molecule has 0 aromatic rings. The fourth-order valence-electron chi connectivity index (χ4n) is 3.96. The Morgan fingerprint density at radius 1 is 0.610 bits per heavy atom. The van der Waals surface area contributed by atoms with Gasteiger partial charge in [0, 0.05) is 0 Å². The Morgan fingerprint density at radius 3 is 1.37 bits per heavy atom. The van der Waals surface area contributed by atoms with Crippen molar-refractivity contribution in [3.8, 4) is 0 Å². The van der Waals surface area contributed by atoms with E-state index in [9.17, 15) is 28.9 Å². The minimum Gasteiger partial charge on any atom is -0.380 e. The molecule has 0 aliphatic heterocycles. The topological polar surface area (TPSA) is 124 Å². The first-order chi connectivity index (χ1) is 18.9. The number of aliphatic hydroxyl groups is 1. The number of allylic oxidation sites excluding steroid dienone is 11. The van der Waals surface area contributed by atoms with Crippen molar-refractivity contribution in [2.75, 3.05) is 0 Å². The van der Waals surface area contributed by atoms with Crippen molar-refractivity contribution in [2.45, 2.75) is 131 Å². The fraction of sp³-hybridized carbons (Fsp3) is 0.625. The van der Waals surface area contributed by atoms with Gasteiger partial charge in [-0.3, -0.25) is 13.7 Å². The lowest BCUT2D eigenvalue weighted by molar-refractivity contribution is 0.156. The van der Waals surface area contributed by atoms with Gasteiger partial charge in [-0.2, -0.15) is 0 Å². The molecule has 0 radical (unpaired) electrons. The second-order valence-corrected chi connectivity index (χ2v) is 15.2. The molecule has 9 heteroatoms. The molecule has 0 aliphatic carbocycles. The average Bonchev–Trinajstić information content (AvgIpc) is 2.82. The van der Waals surface area contributed by atoms with Gasteiger partial charge in [0.15, 0.2) is 11.7 Å². The molecule has 0 fully saturated rings. The Bertz CT molecular complexity index is 1070. The van der Waals surface area contributed by atoms with Gasteiger partial charge in [0.05, 0.1) is 0 Å². The molecule has 236 valence electrons. The van der Waals surface area contributed by atoms with E-state index in [0.717, 1.165) is 44.1 Å². The van der Waals surface area contributed by atoms with Crippen molar-refractivity contribution in [2.24, 2.45) is 0 Å². The summed E-state index contributed by atoms with van der Waals surface area (Å²) in [4.78, 5) is 29.9. The van der Waals surface area contributed by atoms with Crippen LogP contribution in [0.15, 0.2) is 69.9 Å². The average molecular weight is 615 g/mol. The van der Waals surface area contributed by atoms with Gasteiger partial charge in [-0.15, -0.1) is 0 Å². The first-order valence-corrected chi connectivity index (χ1v) is 17.9. The molecule has 0 heterocycles. The summed E-state index contributed by atoms with van der Waals surface area (Å²) in [6.45, 7) is 16.2. The molecule has 0 rings (SSSR count). The molecule has 3 atom stereocenters. The molecule has 0 saturated heterocycles. The molecule has 41 heavy (non-hydrogen) atoms. The third-order valence-electron chi connectivity index (χ3n) is 6.56. The van der Waals surface area contributed by atoms with Crippen LogP contribution in [0.3, 0.4) is 0 Å². The summed E-state index contributed by atoms with van der Waals surface area (Å²) in [6, 6.07) is 0. The van der Waals surface area contributed by atoms with Crippen molar-refractivity contribution in [3.05, 3.63) is 69.9 Å². The van der Waals surface area contributed by atoms with E-state index in [4.69, 9.17) is 4.52 Å². The largest absolute Gasteiger partial charge is 0.380 e. The van der Waals surface area contributed by atoms with Crippen LogP contribution in [0.2, 0.25) is 0 Å². The lowest BCUT2D eigenvalue weighted by Gasteiger charge is -2.23. The first-order valence-electron chi connectivity index (χ1n) is 14.6. The van der Waals surface area contributed by atoms with Gasteiger partial charge >= 0.3 is 15.2 Å². The van der Waals surface area contributed by atoms with Crippen molar-refractivity contribution in [3.63, 3.8) is 0 Å². The Kier molecular flexibility index (Phi) is 19.9. The lowest BCUT2D eigenvalue weighted by Crippen LogP contribution is -2.16. The van der Waals surface area contributed by atoms with Gasteiger partial charge in [-0.05, 0) is 126 Å². The maximum atomic E-state index is 12.7. The molecule has 0 amide bonds. The molecule has 0 aromatic carbocycles. The van der Waals surface area contributed by atoms with Gasteiger partial charge in [-0.1, -0.05) is 63.8 Å². The van der Waals surface area contributed by atoms with Gasteiger partial charge in [-0.25, -0.2) is 0 Å². The van der Waals surface area contributed by atoms with Crippen LogP contribution < -0.4 is 0 Å². The molecule has 0 saturated carbocycles. The minimum atomic E-state index is -4.90. The summed E-state index contributed by atoms with van der Waals surface area (Å²) in [6.07, 6.45) is 19.0. The van der Waals surface area contributed by atoms with Gasteiger partial charge in [0.25, 0.3) is 0 Å². The highest BCUT2D eigenvalue weighted by Crippen LogP contribution is 2.56. The summed E-state index contributed by atoms with van der Waals surface area (Å²) in [5.74, 6) is -3.65. The van der Waals surface area contributed by atoms with E-state index in [1.165, 1.54) is 28.4 Å². The Morgan fingerprint density at radius 2 is 0.976 bits per heavy atom. The lowest BCUT2D eigenvalue weighted by atomic mass is 10.1. The van der Waals surface area contributed by atoms with E-state index >= 15 is 0 Å². The van der Waals surface area contributed by atoms with Gasteiger partial charge in [0.1, 0.15) is 0 Å². The number of hydrogen-bond acceptors (Lipinski definition) is 4. The number of aliphatic hydroxyl groups excluding tert-OH is 1. The third-order valence-corrected chi connectivity index (χ3v) is 9.18. The van der Waals surface area contributed by atoms with E-state index in [1.807, 2.05) is 19.9 Å². The Hall–Kier alpha value is -1.30. The summed E-state index contributed by atoms with van der Waals surface area (Å²) in [7, 11) is -9.61. The molecular formula is C32H56O7P2. The van der Waals surface area contributed by atoms with Crippen LogP contribution >= 0.6 is 15.2 Å². The third kappa shape index (κ3) is 21.1. The Balaban J connectivity index is 4.96. The van der Waals surface area contributed by atoms with E-state index in [1.54, 1.807) is 6.92 Å². The molecule has 0 bridgehead atoms. The molecule has 0 aliphatic rings. The predicted molar refractivity (Wildman–Crippen MR) is 173 cm³/mol. The van der Waals surface area contributed by atoms with Crippen LogP contribution in [0.4, 0.5) is 0 Å². The van der Waals surface area contributed by atoms with E-state index in [-0.39, 0.29) is 6.42 Å². The van der Waals surface area contributed by atoms with Crippen LogP contribution in [0.1, 0.15) is 120 Å². The Labute approximate surface area is 249 Å². The van der Waals surface area contributed by atoms with Gasteiger partial charge < -0.3 is 19.8 Å². The second-order valence-electron chi connectivity index (χ2n) is 11.6.